The number of benzene rings is 1. The molecule has 0 N–H and O–H groups in total. The summed E-state index contributed by atoms with van der Waals surface area (Å²) in [6.07, 6.45) is 13.8. The standard InChI is InChI=1S/C26H38N2/c1-3-28-17-15-22(16-18-28)19-25-23(10-6-4-5-9-21-13-14-21)20(2)27-26-12-8-7-11-24(25)26/h7-8,11-12,21-22H,3-6,9-10,13-19H2,1-2H3. The number of rotatable bonds is 9. The second-order valence-electron chi connectivity index (χ2n) is 9.30. The van der Waals surface area contributed by atoms with E-state index in [2.05, 4.69) is 43.0 Å². The summed E-state index contributed by atoms with van der Waals surface area (Å²) >= 11 is 0. The van der Waals surface area contributed by atoms with Gasteiger partial charge in [-0.3, -0.25) is 4.98 Å². The molecule has 28 heavy (non-hydrogen) atoms. The maximum Gasteiger partial charge on any atom is 0.0708 e. The molecule has 0 amide bonds. The minimum absolute atomic E-state index is 0.835. The number of aromatic nitrogens is 1. The van der Waals surface area contributed by atoms with Gasteiger partial charge in [-0.25, -0.2) is 0 Å². The van der Waals surface area contributed by atoms with Crippen LogP contribution in [0.4, 0.5) is 0 Å². The van der Waals surface area contributed by atoms with Crippen LogP contribution in [0, 0.1) is 18.8 Å². The molecule has 2 aromatic rings. The van der Waals surface area contributed by atoms with Crippen LogP contribution in [0.25, 0.3) is 10.9 Å². The van der Waals surface area contributed by atoms with E-state index in [0.717, 1.165) is 11.8 Å². The Kier molecular flexibility index (Phi) is 6.67. The van der Waals surface area contributed by atoms with Gasteiger partial charge in [-0.05, 0) is 87.7 Å². The normalized spacial score (nSPS) is 18.8. The van der Waals surface area contributed by atoms with Crippen LogP contribution in [0.2, 0.25) is 0 Å². The van der Waals surface area contributed by atoms with Crippen molar-refractivity contribution in [3.63, 3.8) is 0 Å². The van der Waals surface area contributed by atoms with Crippen molar-refractivity contribution in [1.29, 1.82) is 0 Å². The second kappa shape index (κ2) is 9.39. The molecule has 1 saturated heterocycles. The van der Waals surface area contributed by atoms with Gasteiger partial charge in [0.1, 0.15) is 0 Å². The molecule has 0 spiro atoms. The van der Waals surface area contributed by atoms with Gasteiger partial charge in [0.2, 0.25) is 0 Å². The molecule has 1 aromatic carbocycles. The summed E-state index contributed by atoms with van der Waals surface area (Å²) in [7, 11) is 0. The second-order valence-corrected chi connectivity index (χ2v) is 9.30. The Hall–Kier alpha value is -1.41. The van der Waals surface area contributed by atoms with Crippen LogP contribution in [0.5, 0.6) is 0 Å². The number of pyridine rings is 1. The highest BCUT2D eigenvalue weighted by molar-refractivity contribution is 5.83. The van der Waals surface area contributed by atoms with E-state index in [1.807, 2.05) is 0 Å². The molecule has 1 saturated carbocycles. The molecule has 2 aliphatic rings. The first kappa shape index (κ1) is 19.9. The fraction of sp³-hybridized carbons (Fsp3) is 0.654. The van der Waals surface area contributed by atoms with Gasteiger partial charge in [-0.1, -0.05) is 57.2 Å². The third-order valence-corrected chi connectivity index (χ3v) is 7.20. The molecular weight excluding hydrogens is 340 g/mol. The molecule has 1 aliphatic carbocycles. The summed E-state index contributed by atoms with van der Waals surface area (Å²) in [5.74, 6) is 1.91. The first-order chi connectivity index (χ1) is 13.7. The molecule has 2 heteroatoms. The van der Waals surface area contributed by atoms with E-state index < -0.39 is 0 Å². The summed E-state index contributed by atoms with van der Waals surface area (Å²) in [6.45, 7) is 8.30. The molecule has 2 heterocycles. The highest BCUT2D eigenvalue weighted by atomic mass is 15.1. The van der Waals surface area contributed by atoms with Crippen molar-refractivity contribution in [2.75, 3.05) is 19.6 Å². The lowest BCUT2D eigenvalue weighted by Gasteiger charge is -2.31. The Morgan fingerprint density at radius 1 is 0.929 bits per heavy atom. The molecule has 0 radical (unpaired) electrons. The van der Waals surface area contributed by atoms with Gasteiger partial charge in [0, 0.05) is 11.1 Å². The lowest BCUT2D eigenvalue weighted by Crippen LogP contribution is -2.34. The molecule has 1 aromatic heterocycles. The molecule has 2 fully saturated rings. The zero-order valence-electron chi connectivity index (χ0n) is 18.1. The molecule has 152 valence electrons. The third kappa shape index (κ3) is 4.95. The molecule has 1 aliphatic heterocycles. The number of piperidine rings is 1. The topological polar surface area (TPSA) is 16.1 Å². The molecule has 2 nitrogen and oxygen atoms in total. The Morgan fingerprint density at radius 2 is 1.71 bits per heavy atom. The summed E-state index contributed by atoms with van der Waals surface area (Å²) in [4.78, 5) is 7.59. The van der Waals surface area contributed by atoms with E-state index in [4.69, 9.17) is 4.98 Å². The molecular formula is C26H38N2. The summed E-state index contributed by atoms with van der Waals surface area (Å²) < 4.78 is 0. The fourth-order valence-corrected chi connectivity index (χ4v) is 5.13. The van der Waals surface area contributed by atoms with E-state index in [1.54, 1.807) is 11.1 Å². The van der Waals surface area contributed by atoms with E-state index in [1.165, 1.54) is 100 Å². The molecule has 0 unspecified atom stereocenters. The van der Waals surface area contributed by atoms with Gasteiger partial charge in [-0.2, -0.15) is 0 Å². The molecule has 0 atom stereocenters. The maximum absolute atomic E-state index is 4.98. The number of hydrogen-bond donors (Lipinski definition) is 0. The van der Waals surface area contributed by atoms with Crippen molar-refractivity contribution in [2.24, 2.45) is 11.8 Å². The third-order valence-electron chi connectivity index (χ3n) is 7.20. The zero-order valence-corrected chi connectivity index (χ0v) is 18.1. The van der Waals surface area contributed by atoms with Gasteiger partial charge in [0.25, 0.3) is 0 Å². The van der Waals surface area contributed by atoms with Crippen molar-refractivity contribution in [3.05, 3.63) is 41.1 Å². The number of para-hydroxylation sites is 1. The lowest BCUT2D eigenvalue weighted by molar-refractivity contribution is 0.192. The van der Waals surface area contributed by atoms with Crippen LogP contribution >= 0.6 is 0 Å². The Labute approximate surface area is 171 Å². The van der Waals surface area contributed by atoms with Crippen LogP contribution in [0.3, 0.4) is 0 Å². The van der Waals surface area contributed by atoms with Crippen LogP contribution < -0.4 is 0 Å². The molecule has 0 bridgehead atoms. The van der Waals surface area contributed by atoms with Gasteiger partial charge in [0.05, 0.1) is 5.52 Å². The Morgan fingerprint density at radius 3 is 2.46 bits per heavy atom. The summed E-state index contributed by atoms with van der Waals surface area (Å²) in [5.41, 5.74) is 5.67. The number of nitrogens with zero attached hydrogens (tertiary/aromatic N) is 2. The van der Waals surface area contributed by atoms with Crippen molar-refractivity contribution in [3.8, 4) is 0 Å². The van der Waals surface area contributed by atoms with E-state index >= 15 is 0 Å². The van der Waals surface area contributed by atoms with Crippen molar-refractivity contribution in [1.82, 2.24) is 9.88 Å². The smallest absolute Gasteiger partial charge is 0.0708 e. The van der Waals surface area contributed by atoms with Gasteiger partial charge in [0.15, 0.2) is 0 Å². The average Bonchev–Trinajstić information content (AvgIpc) is 3.54. The first-order valence-electron chi connectivity index (χ1n) is 11.8. The highest BCUT2D eigenvalue weighted by Crippen LogP contribution is 2.34. The number of aryl methyl sites for hydroxylation is 1. The van der Waals surface area contributed by atoms with Crippen LogP contribution in [0.15, 0.2) is 24.3 Å². The van der Waals surface area contributed by atoms with Crippen molar-refractivity contribution >= 4 is 10.9 Å². The van der Waals surface area contributed by atoms with E-state index in [9.17, 15) is 0 Å². The van der Waals surface area contributed by atoms with Crippen molar-refractivity contribution in [2.45, 2.75) is 78.1 Å². The summed E-state index contributed by atoms with van der Waals surface area (Å²) in [5, 5.41) is 1.42. The van der Waals surface area contributed by atoms with Crippen LogP contribution in [-0.4, -0.2) is 29.5 Å². The van der Waals surface area contributed by atoms with Crippen LogP contribution in [0.1, 0.15) is 75.1 Å². The minimum atomic E-state index is 0.835. The summed E-state index contributed by atoms with van der Waals surface area (Å²) in [6, 6.07) is 8.84. The fourth-order valence-electron chi connectivity index (χ4n) is 5.13. The SMILES string of the molecule is CCN1CCC(Cc2c(CCCCCC3CC3)c(C)nc3ccccc23)CC1. The van der Waals surface area contributed by atoms with Gasteiger partial charge < -0.3 is 4.90 Å². The predicted octanol–water partition coefficient (Wildman–Crippen LogP) is 6.33. The predicted molar refractivity (Wildman–Crippen MR) is 120 cm³/mol. The largest absolute Gasteiger partial charge is 0.304 e. The number of hydrogen-bond acceptors (Lipinski definition) is 2. The first-order valence-corrected chi connectivity index (χ1v) is 11.8. The van der Waals surface area contributed by atoms with Crippen LogP contribution in [-0.2, 0) is 12.8 Å². The monoisotopic (exact) mass is 378 g/mol. The highest BCUT2D eigenvalue weighted by Gasteiger charge is 2.22. The average molecular weight is 379 g/mol. The van der Waals surface area contributed by atoms with Gasteiger partial charge in [-0.15, -0.1) is 0 Å². The zero-order chi connectivity index (χ0) is 19.3. The quantitative estimate of drug-likeness (QED) is 0.474. The number of likely N-dealkylation sites (tertiary alicyclic amines) is 1. The number of unbranched alkanes of at least 4 members (excludes halogenated alkanes) is 2. The van der Waals surface area contributed by atoms with Gasteiger partial charge >= 0.3 is 0 Å². The molecule has 4 rings (SSSR count). The van der Waals surface area contributed by atoms with E-state index in [-0.39, 0.29) is 0 Å². The maximum atomic E-state index is 4.98. The van der Waals surface area contributed by atoms with Crippen molar-refractivity contribution < 1.29 is 0 Å². The lowest BCUT2D eigenvalue weighted by atomic mass is 9.85. The van der Waals surface area contributed by atoms with E-state index in [0.29, 0.717) is 0 Å². The number of fused-ring (bicyclic) bond motifs is 1. The Balaban J connectivity index is 1.49. The minimum Gasteiger partial charge on any atom is -0.304 e. The Bertz CT molecular complexity index is 769.